The van der Waals surface area contributed by atoms with Crippen molar-refractivity contribution >= 4 is 22.6 Å². The van der Waals surface area contributed by atoms with E-state index in [0.29, 0.717) is 18.0 Å². The van der Waals surface area contributed by atoms with Crippen molar-refractivity contribution in [3.8, 4) is 22.4 Å². The summed E-state index contributed by atoms with van der Waals surface area (Å²) in [4.78, 5) is 9.37. The first-order valence-electron chi connectivity index (χ1n) is 8.66. The molecule has 2 aromatic carbocycles. The molecule has 8 nitrogen and oxygen atoms in total. The summed E-state index contributed by atoms with van der Waals surface area (Å²) < 4.78 is 1.60. The monoisotopic (exact) mass is 356 g/mol. The highest BCUT2D eigenvalue weighted by Crippen LogP contribution is 2.35. The normalized spacial score (nSPS) is 11.4. The molecule has 3 N–H and O–H groups in total. The molecule has 0 amide bonds. The van der Waals surface area contributed by atoms with Crippen LogP contribution in [0.2, 0.25) is 0 Å². The van der Waals surface area contributed by atoms with E-state index >= 15 is 0 Å². The van der Waals surface area contributed by atoms with Gasteiger partial charge in [-0.25, -0.2) is 9.97 Å². The van der Waals surface area contributed by atoms with E-state index in [2.05, 4.69) is 25.5 Å². The lowest BCUT2D eigenvalue weighted by molar-refractivity contribution is 0.879. The molecule has 3 heterocycles. The number of aromatic amines is 1. The number of anilines is 1. The largest absolute Gasteiger partial charge is 0.368 e. The summed E-state index contributed by atoms with van der Waals surface area (Å²) in [6, 6.07) is 15.9. The minimum atomic E-state index is 0.308. The fraction of sp³-hybridized carbons (Fsp3) is 0.105. The van der Waals surface area contributed by atoms with Crippen LogP contribution < -0.4 is 5.73 Å². The lowest BCUT2D eigenvalue weighted by Crippen LogP contribution is -2.05. The number of hydrogen-bond acceptors (Lipinski definition) is 6. The summed E-state index contributed by atoms with van der Waals surface area (Å²) >= 11 is 0. The van der Waals surface area contributed by atoms with E-state index in [9.17, 15) is 0 Å². The van der Waals surface area contributed by atoms with E-state index in [1.54, 1.807) is 4.52 Å². The van der Waals surface area contributed by atoms with Crippen molar-refractivity contribution in [3.05, 3.63) is 54.4 Å². The van der Waals surface area contributed by atoms with Gasteiger partial charge in [0.05, 0.1) is 16.8 Å². The number of nitrogens with zero attached hydrogens (tertiary/aromatic N) is 6. The summed E-state index contributed by atoms with van der Waals surface area (Å²) in [6.45, 7) is 2.01. The zero-order valence-corrected chi connectivity index (χ0v) is 14.6. The molecule has 0 aliphatic heterocycles. The van der Waals surface area contributed by atoms with Gasteiger partial charge in [0, 0.05) is 12.0 Å². The minimum absolute atomic E-state index is 0.308. The molecule has 8 heteroatoms. The number of benzene rings is 2. The summed E-state index contributed by atoms with van der Waals surface area (Å²) in [5.74, 6) is 1.03. The molecule has 0 bridgehead atoms. The maximum Gasteiger partial charge on any atom is 0.223 e. The minimum Gasteiger partial charge on any atom is -0.368 e. The Labute approximate surface area is 154 Å². The van der Waals surface area contributed by atoms with Gasteiger partial charge in [0.15, 0.2) is 11.5 Å². The average Bonchev–Trinajstić information content (AvgIpc) is 3.35. The third-order valence-corrected chi connectivity index (χ3v) is 4.53. The molecule has 0 unspecified atom stereocenters. The maximum absolute atomic E-state index is 6.21. The lowest BCUT2D eigenvalue weighted by atomic mass is 9.99. The van der Waals surface area contributed by atoms with Crippen LogP contribution in [0, 0.1) is 0 Å². The van der Waals surface area contributed by atoms with E-state index in [1.807, 2.05) is 55.5 Å². The topological polar surface area (TPSA) is 111 Å². The highest BCUT2D eigenvalue weighted by molar-refractivity contribution is 5.93. The predicted octanol–water partition coefficient (Wildman–Crippen LogP) is 2.87. The van der Waals surface area contributed by atoms with Crippen molar-refractivity contribution in [2.24, 2.45) is 0 Å². The molecule has 3 aromatic heterocycles. The third kappa shape index (κ3) is 2.42. The van der Waals surface area contributed by atoms with Gasteiger partial charge in [-0.15, -0.1) is 10.2 Å². The van der Waals surface area contributed by atoms with Crippen LogP contribution in [-0.4, -0.2) is 35.0 Å². The molecule has 0 fully saturated rings. The Hall–Kier alpha value is -3.81. The number of hydrogen-bond donors (Lipinski definition) is 2. The lowest BCUT2D eigenvalue weighted by Gasteiger charge is -2.12. The molecule has 132 valence electrons. The van der Waals surface area contributed by atoms with Gasteiger partial charge >= 0.3 is 0 Å². The van der Waals surface area contributed by atoms with Crippen LogP contribution in [0.25, 0.3) is 39.1 Å². The SMILES string of the molecule is CCc1nc2c(-c3ccc4[nH]nnc4c3)c(-c3ccccc3)nc(N)n2n1. The van der Waals surface area contributed by atoms with E-state index < -0.39 is 0 Å². The van der Waals surface area contributed by atoms with Crippen molar-refractivity contribution < 1.29 is 0 Å². The van der Waals surface area contributed by atoms with Gasteiger partial charge in [0.25, 0.3) is 0 Å². The summed E-state index contributed by atoms with van der Waals surface area (Å²) in [5.41, 5.74) is 12.1. The summed E-state index contributed by atoms with van der Waals surface area (Å²) in [7, 11) is 0. The predicted molar refractivity (Wildman–Crippen MR) is 103 cm³/mol. The molecule has 0 saturated carbocycles. The van der Waals surface area contributed by atoms with Gasteiger partial charge in [-0.05, 0) is 17.7 Å². The van der Waals surface area contributed by atoms with Crippen LogP contribution in [0.3, 0.4) is 0 Å². The number of nitrogens with two attached hydrogens (primary N) is 1. The van der Waals surface area contributed by atoms with Crippen LogP contribution in [0.4, 0.5) is 5.95 Å². The molecule has 27 heavy (non-hydrogen) atoms. The zero-order valence-electron chi connectivity index (χ0n) is 14.6. The van der Waals surface area contributed by atoms with E-state index in [-0.39, 0.29) is 0 Å². The van der Waals surface area contributed by atoms with Crippen LogP contribution in [0.15, 0.2) is 48.5 Å². The molecule has 0 radical (unpaired) electrons. The molecular weight excluding hydrogens is 340 g/mol. The summed E-state index contributed by atoms with van der Waals surface area (Å²) in [5, 5.41) is 15.4. The van der Waals surface area contributed by atoms with Gasteiger partial charge in [0.1, 0.15) is 5.52 Å². The van der Waals surface area contributed by atoms with Gasteiger partial charge in [-0.3, -0.25) is 5.10 Å². The van der Waals surface area contributed by atoms with Crippen LogP contribution >= 0.6 is 0 Å². The van der Waals surface area contributed by atoms with Crippen molar-refractivity contribution in [3.63, 3.8) is 0 Å². The Morgan fingerprint density at radius 2 is 1.89 bits per heavy atom. The molecule has 5 aromatic rings. The molecule has 0 aliphatic rings. The van der Waals surface area contributed by atoms with Crippen molar-refractivity contribution in [1.82, 2.24) is 35.0 Å². The Morgan fingerprint density at radius 1 is 1.04 bits per heavy atom. The van der Waals surface area contributed by atoms with Gasteiger partial charge in [-0.2, -0.15) is 4.52 Å². The number of H-pyrrole nitrogens is 1. The van der Waals surface area contributed by atoms with E-state index in [1.165, 1.54) is 0 Å². The van der Waals surface area contributed by atoms with Crippen molar-refractivity contribution in [1.29, 1.82) is 0 Å². The Balaban J connectivity index is 1.89. The number of aryl methyl sites for hydroxylation is 1. The second-order valence-electron chi connectivity index (χ2n) is 6.22. The van der Waals surface area contributed by atoms with E-state index in [4.69, 9.17) is 10.7 Å². The maximum atomic E-state index is 6.21. The highest BCUT2D eigenvalue weighted by atomic mass is 15.4. The fourth-order valence-corrected chi connectivity index (χ4v) is 3.22. The highest BCUT2D eigenvalue weighted by Gasteiger charge is 2.20. The molecule has 5 rings (SSSR count). The van der Waals surface area contributed by atoms with Gasteiger partial charge in [0.2, 0.25) is 5.95 Å². The zero-order chi connectivity index (χ0) is 18.4. The second kappa shape index (κ2) is 5.87. The number of nitrogens with one attached hydrogen (secondary N) is 1. The Kier molecular flexibility index (Phi) is 3.36. The van der Waals surface area contributed by atoms with Crippen LogP contribution in [0.5, 0.6) is 0 Å². The Bertz CT molecular complexity index is 1270. The third-order valence-electron chi connectivity index (χ3n) is 4.53. The first-order valence-corrected chi connectivity index (χ1v) is 8.66. The first kappa shape index (κ1) is 15.4. The van der Waals surface area contributed by atoms with Crippen molar-refractivity contribution in [2.45, 2.75) is 13.3 Å². The van der Waals surface area contributed by atoms with Gasteiger partial charge in [-0.1, -0.05) is 48.5 Å². The number of nitrogen functional groups attached to an aromatic ring is 1. The molecular formula is C19H16N8. The summed E-state index contributed by atoms with van der Waals surface area (Å²) in [6.07, 6.45) is 0.712. The number of aromatic nitrogens is 7. The Morgan fingerprint density at radius 3 is 2.70 bits per heavy atom. The molecule has 0 atom stereocenters. The van der Waals surface area contributed by atoms with Crippen LogP contribution in [0.1, 0.15) is 12.7 Å². The smallest absolute Gasteiger partial charge is 0.223 e. The van der Waals surface area contributed by atoms with E-state index in [0.717, 1.165) is 39.2 Å². The van der Waals surface area contributed by atoms with Gasteiger partial charge < -0.3 is 5.73 Å². The standard InChI is InChI=1S/C19H16N8/c1-2-15-21-18-16(12-8-9-13-14(10-12)24-26-23-13)17(11-6-4-3-5-7-11)22-19(20)27(18)25-15/h3-10H,2H2,1H3,(H2,20,22)(H,23,24,26). The molecule has 0 saturated heterocycles. The number of fused-ring (bicyclic) bond motifs is 2. The molecule has 0 aliphatic carbocycles. The quantitative estimate of drug-likeness (QED) is 0.514. The second-order valence-corrected chi connectivity index (χ2v) is 6.22. The first-order chi connectivity index (χ1) is 13.2. The molecule has 0 spiro atoms. The number of rotatable bonds is 3. The van der Waals surface area contributed by atoms with Crippen molar-refractivity contribution in [2.75, 3.05) is 5.73 Å². The fourth-order valence-electron chi connectivity index (χ4n) is 3.22. The average molecular weight is 356 g/mol. The van der Waals surface area contributed by atoms with Crippen LogP contribution in [-0.2, 0) is 6.42 Å².